The fourth-order valence-corrected chi connectivity index (χ4v) is 2.45. The van der Waals surface area contributed by atoms with E-state index < -0.39 is 6.10 Å². The normalized spacial score (nSPS) is 11.8. The zero-order chi connectivity index (χ0) is 17.4. The first kappa shape index (κ1) is 18.0. The summed E-state index contributed by atoms with van der Waals surface area (Å²) < 4.78 is 18.6. The van der Waals surface area contributed by atoms with Crippen LogP contribution in [0, 0.1) is 5.82 Å². The van der Waals surface area contributed by atoms with Crippen LogP contribution in [0.15, 0.2) is 48.5 Å². The van der Waals surface area contributed by atoms with E-state index in [1.807, 2.05) is 24.3 Å². The van der Waals surface area contributed by atoms with E-state index in [-0.39, 0.29) is 11.7 Å². The van der Waals surface area contributed by atoms with E-state index in [2.05, 4.69) is 12.2 Å². The average molecular weight is 329 g/mol. The number of para-hydroxylation sites is 1. The van der Waals surface area contributed by atoms with E-state index in [9.17, 15) is 9.18 Å². The summed E-state index contributed by atoms with van der Waals surface area (Å²) in [6, 6.07) is 14.2. The SMILES string of the molecule is CCc1ccccc1O[C@@H](C)C(=O)NCCCc1ccc(F)cc1. The predicted molar refractivity (Wildman–Crippen MR) is 93.6 cm³/mol. The van der Waals surface area contributed by atoms with Gasteiger partial charge in [0.2, 0.25) is 0 Å². The second-order valence-corrected chi connectivity index (χ2v) is 5.74. The first-order valence-corrected chi connectivity index (χ1v) is 8.37. The maximum atomic E-state index is 12.8. The maximum Gasteiger partial charge on any atom is 0.260 e. The molecule has 0 radical (unpaired) electrons. The number of ether oxygens (including phenoxy) is 1. The van der Waals surface area contributed by atoms with Gasteiger partial charge in [0.15, 0.2) is 6.10 Å². The highest BCUT2D eigenvalue weighted by molar-refractivity contribution is 5.80. The van der Waals surface area contributed by atoms with Gasteiger partial charge in [0, 0.05) is 6.54 Å². The number of hydrogen-bond acceptors (Lipinski definition) is 2. The zero-order valence-corrected chi connectivity index (χ0v) is 14.2. The Morgan fingerprint density at radius 1 is 1.17 bits per heavy atom. The topological polar surface area (TPSA) is 38.3 Å². The van der Waals surface area contributed by atoms with Crippen LogP contribution in [-0.4, -0.2) is 18.6 Å². The van der Waals surface area contributed by atoms with Gasteiger partial charge in [-0.15, -0.1) is 0 Å². The molecule has 0 aliphatic rings. The molecule has 0 aliphatic carbocycles. The molecule has 0 aromatic heterocycles. The van der Waals surface area contributed by atoms with Gasteiger partial charge in [-0.3, -0.25) is 4.79 Å². The second-order valence-electron chi connectivity index (χ2n) is 5.74. The van der Waals surface area contributed by atoms with E-state index >= 15 is 0 Å². The number of amides is 1. The molecule has 0 heterocycles. The summed E-state index contributed by atoms with van der Waals surface area (Å²) in [4.78, 5) is 12.1. The van der Waals surface area contributed by atoms with Gasteiger partial charge in [0.1, 0.15) is 11.6 Å². The largest absolute Gasteiger partial charge is 0.481 e. The summed E-state index contributed by atoms with van der Waals surface area (Å²) in [5.74, 6) is 0.402. The minimum absolute atomic E-state index is 0.125. The van der Waals surface area contributed by atoms with Crippen LogP contribution in [0.4, 0.5) is 4.39 Å². The Hall–Kier alpha value is -2.36. The van der Waals surface area contributed by atoms with Gasteiger partial charge >= 0.3 is 0 Å². The summed E-state index contributed by atoms with van der Waals surface area (Å²) in [5.41, 5.74) is 2.15. The Balaban J connectivity index is 1.74. The number of hydrogen-bond donors (Lipinski definition) is 1. The highest BCUT2D eigenvalue weighted by Gasteiger charge is 2.15. The molecule has 0 bridgehead atoms. The number of benzene rings is 2. The van der Waals surface area contributed by atoms with Crippen molar-refractivity contribution in [1.82, 2.24) is 5.32 Å². The molecule has 2 rings (SSSR count). The van der Waals surface area contributed by atoms with Crippen LogP contribution in [0.5, 0.6) is 5.75 Å². The van der Waals surface area contributed by atoms with Crippen LogP contribution in [0.3, 0.4) is 0 Å². The van der Waals surface area contributed by atoms with E-state index in [4.69, 9.17) is 4.74 Å². The quantitative estimate of drug-likeness (QED) is 0.746. The summed E-state index contributed by atoms with van der Waals surface area (Å²) in [6.45, 7) is 4.38. The molecule has 2 aromatic carbocycles. The molecule has 3 nitrogen and oxygen atoms in total. The molecule has 0 unspecified atom stereocenters. The summed E-state index contributed by atoms with van der Waals surface area (Å²) in [7, 11) is 0. The third-order valence-electron chi connectivity index (χ3n) is 3.88. The molecule has 0 aliphatic heterocycles. The van der Waals surface area contributed by atoms with Gasteiger partial charge in [-0.25, -0.2) is 4.39 Å². The fraction of sp³-hybridized carbons (Fsp3) is 0.350. The van der Waals surface area contributed by atoms with Gasteiger partial charge < -0.3 is 10.1 Å². The minimum atomic E-state index is -0.538. The highest BCUT2D eigenvalue weighted by atomic mass is 19.1. The molecule has 4 heteroatoms. The molecule has 0 fully saturated rings. The zero-order valence-electron chi connectivity index (χ0n) is 14.2. The lowest BCUT2D eigenvalue weighted by molar-refractivity contribution is -0.127. The van der Waals surface area contributed by atoms with Crippen molar-refractivity contribution in [3.63, 3.8) is 0 Å². The van der Waals surface area contributed by atoms with E-state index in [1.54, 1.807) is 19.1 Å². The summed E-state index contributed by atoms with van der Waals surface area (Å²) in [6.07, 6.45) is 1.93. The summed E-state index contributed by atoms with van der Waals surface area (Å²) in [5, 5.41) is 2.88. The molecular weight excluding hydrogens is 305 g/mol. The van der Waals surface area contributed by atoms with Gasteiger partial charge in [0.25, 0.3) is 5.91 Å². The first-order chi connectivity index (χ1) is 11.6. The molecule has 0 saturated carbocycles. The third-order valence-corrected chi connectivity index (χ3v) is 3.88. The predicted octanol–water partition coefficient (Wildman–Crippen LogP) is 3.90. The molecular formula is C20H24FNO2. The Morgan fingerprint density at radius 2 is 1.88 bits per heavy atom. The number of carbonyl (C=O) groups is 1. The fourth-order valence-electron chi connectivity index (χ4n) is 2.45. The number of carbonyl (C=O) groups excluding carboxylic acids is 1. The van der Waals surface area contributed by atoms with Crippen LogP contribution in [0.2, 0.25) is 0 Å². The van der Waals surface area contributed by atoms with Crippen molar-refractivity contribution in [3.05, 3.63) is 65.5 Å². The van der Waals surface area contributed by atoms with Crippen molar-refractivity contribution >= 4 is 5.91 Å². The Morgan fingerprint density at radius 3 is 2.58 bits per heavy atom. The molecule has 24 heavy (non-hydrogen) atoms. The van der Waals surface area contributed by atoms with Gasteiger partial charge in [-0.2, -0.15) is 0 Å². The smallest absolute Gasteiger partial charge is 0.260 e. The van der Waals surface area contributed by atoms with Crippen molar-refractivity contribution in [2.75, 3.05) is 6.54 Å². The number of halogens is 1. The van der Waals surface area contributed by atoms with Crippen molar-refractivity contribution in [1.29, 1.82) is 0 Å². The Kier molecular flexibility index (Phi) is 6.79. The Labute approximate surface area is 142 Å². The molecule has 0 saturated heterocycles. The van der Waals surface area contributed by atoms with Crippen molar-refractivity contribution in [2.24, 2.45) is 0 Å². The first-order valence-electron chi connectivity index (χ1n) is 8.37. The van der Waals surface area contributed by atoms with Gasteiger partial charge in [0.05, 0.1) is 0 Å². The van der Waals surface area contributed by atoms with Crippen LogP contribution in [0.1, 0.15) is 31.4 Å². The standard InChI is InChI=1S/C20H24FNO2/c1-3-17-8-4-5-9-19(17)24-15(2)20(23)22-14-6-7-16-10-12-18(21)13-11-16/h4-5,8-13,15H,3,6-7,14H2,1-2H3,(H,22,23)/t15-/m0/s1. The second kappa shape index (κ2) is 9.06. The van der Waals surface area contributed by atoms with Crippen LogP contribution in [-0.2, 0) is 17.6 Å². The van der Waals surface area contributed by atoms with E-state index in [0.29, 0.717) is 6.54 Å². The van der Waals surface area contributed by atoms with Gasteiger partial charge in [-0.1, -0.05) is 37.3 Å². The minimum Gasteiger partial charge on any atom is -0.481 e. The van der Waals surface area contributed by atoms with Crippen molar-refractivity contribution in [2.45, 2.75) is 39.2 Å². The monoisotopic (exact) mass is 329 g/mol. The van der Waals surface area contributed by atoms with Crippen LogP contribution < -0.4 is 10.1 Å². The molecule has 1 amide bonds. The van der Waals surface area contributed by atoms with Crippen LogP contribution >= 0.6 is 0 Å². The van der Waals surface area contributed by atoms with E-state index in [0.717, 1.165) is 36.1 Å². The van der Waals surface area contributed by atoms with Gasteiger partial charge in [-0.05, 0) is 55.5 Å². The third kappa shape index (κ3) is 5.37. The number of aryl methyl sites for hydroxylation is 2. The molecule has 1 N–H and O–H groups in total. The maximum absolute atomic E-state index is 12.8. The van der Waals surface area contributed by atoms with Crippen molar-refractivity contribution < 1.29 is 13.9 Å². The molecule has 1 atom stereocenters. The van der Waals surface area contributed by atoms with Crippen LogP contribution in [0.25, 0.3) is 0 Å². The number of nitrogens with one attached hydrogen (secondary N) is 1. The van der Waals surface area contributed by atoms with Crippen molar-refractivity contribution in [3.8, 4) is 5.75 Å². The lowest BCUT2D eigenvalue weighted by Crippen LogP contribution is -2.37. The lowest BCUT2D eigenvalue weighted by Gasteiger charge is -2.16. The Bertz CT molecular complexity index is 655. The lowest BCUT2D eigenvalue weighted by atomic mass is 10.1. The number of rotatable bonds is 8. The van der Waals surface area contributed by atoms with E-state index in [1.165, 1.54) is 12.1 Å². The molecule has 0 spiro atoms. The summed E-state index contributed by atoms with van der Waals surface area (Å²) >= 11 is 0. The highest BCUT2D eigenvalue weighted by Crippen LogP contribution is 2.19. The molecule has 128 valence electrons. The average Bonchev–Trinajstić information content (AvgIpc) is 2.60. The molecule has 2 aromatic rings.